The number of nitrogens with one attached hydrogen (secondary N) is 2. The summed E-state index contributed by atoms with van der Waals surface area (Å²) < 4.78 is 4.72. The maximum atomic E-state index is 11.5. The first-order chi connectivity index (χ1) is 8.54. The van der Waals surface area contributed by atoms with Crippen LogP contribution in [0.1, 0.15) is 0 Å². The number of phenolic OH excluding ortho intramolecular Hbond substituents is 1. The summed E-state index contributed by atoms with van der Waals surface area (Å²) in [6, 6.07) is 4.13. The van der Waals surface area contributed by atoms with Crippen molar-refractivity contribution in [3.63, 3.8) is 0 Å². The number of carbonyl (C=O) groups excluding carboxylic acids is 2. The largest absolute Gasteiger partial charge is 0.506 e. The molecular weight excluding hydrogens is 260 g/mol. The third-order valence-electron chi connectivity index (χ3n) is 2.00. The third kappa shape index (κ3) is 4.23. The van der Waals surface area contributed by atoms with Gasteiger partial charge in [0, 0.05) is 18.7 Å². The molecule has 0 saturated carbocycles. The summed E-state index contributed by atoms with van der Waals surface area (Å²) in [5.74, 6) is -1.87. The minimum Gasteiger partial charge on any atom is -0.506 e. The maximum Gasteiger partial charge on any atom is 0.313 e. The lowest BCUT2D eigenvalue weighted by Crippen LogP contribution is -2.37. The van der Waals surface area contributed by atoms with Crippen LogP contribution in [0.3, 0.4) is 0 Å². The number of hydrogen-bond acceptors (Lipinski definition) is 4. The fraction of sp³-hybridized carbons (Fsp3) is 0.273. The van der Waals surface area contributed by atoms with Gasteiger partial charge in [-0.1, -0.05) is 11.6 Å². The van der Waals surface area contributed by atoms with E-state index in [2.05, 4.69) is 10.6 Å². The number of amides is 2. The van der Waals surface area contributed by atoms with Crippen LogP contribution in [0.2, 0.25) is 5.02 Å². The standard InChI is InChI=1S/C11H13ClN2O4/c1-18-5-4-13-10(16)11(17)14-8-6-7(12)2-3-9(8)15/h2-3,6,15H,4-5H2,1H3,(H,13,16)(H,14,17). The number of methoxy groups -OCH3 is 1. The lowest BCUT2D eigenvalue weighted by atomic mass is 10.3. The van der Waals surface area contributed by atoms with Gasteiger partial charge < -0.3 is 20.5 Å². The number of carbonyl (C=O) groups is 2. The number of hydrogen-bond donors (Lipinski definition) is 3. The van der Waals surface area contributed by atoms with Crippen molar-refractivity contribution in [2.24, 2.45) is 0 Å². The summed E-state index contributed by atoms with van der Waals surface area (Å²) >= 11 is 5.70. The van der Waals surface area contributed by atoms with Crippen LogP contribution in [-0.2, 0) is 14.3 Å². The normalized spacial score (nSPS) is 9.89. The van der Waals surface area contributed by atoms with Gasteiger partial charge in [0.15, 0.2) is 0 Å². The van der Waals surface area contributed by atoms with Crippen molar-refractivity contribution in [3.05, 3.63) is 23.2 Å². The van der Waals surface area contributed by atoms with Crippen molar-refractivity contribution in [1.82, 2.24) is 5.32 Å². The number of aromatic hydroxyl groups is 1. The fourth-order valence-electron chi connectivity index (χ4n) is 1.13. The average Bonchev–Trinajstić information content (AvgIpc) is 2.34. The SMILES string of the molecule is COCCNC(=O)C(=O)Nc1cc(Cl)ccc1O. The molecule has 7 heteroatoms. The molecule has 0 unspecified atom stereocenters. The first kappa shape index (κ1) is 14.3. The Kier molecular flexibility index (Phi) is 5.41. The van der Waals surface area contributed by atoms with Gasteiger partial charge in [-0.3, -0.25) is 9.59 Å². The number of anilines is 1. The zero-order valence-electron chi connectivity index (χ0n) is 9.70. The minimum absolute atomic E-state index is 0.0781. The van der Waals surface area contributed by atoms with Crippen molar-refractivity contribution >= 4 is 29.1 Å². The Morgan fingerprint density at radius 3 is 2.78 bits per heavy atom. The highest BCUT2D eigenvalue weighted by molar-refractivity contribution is 6.40. The van der Waals surface area contributed by atoms with E-state index in [9.17, 15) is 14.7 Å². The predicted octanol–water partition coefficient (Wildman–Crippen LogP) is 0.747. The van der Waals surface area contributed by atoms with Crippen molar-refractivity contribution in [1.29, 1.82) is 0 Å². The van der Waals surface area contributed by atoms with E-state index in [-0.39, 0.29) is 18.0 Å². The van der Waals surface area contributed by atoms with Crippen LogP contribution in [0.25, 0.3) is 0 Å². The summed E-state index contributed by atoms with van der Waals surface area (Å²) in [7, 11) is 1.48. The topological polar surface area (TPSA) is 87.7 Å². The van der Waals surface area contributed by atoms with E-state index >= 15 is 0 Å². The van der Waals surface area contributed by atoms with Gasteiger partial charge in [-0.2, -0.15) is 0 Å². The Morgan fingerprint density at radius 2 is 2.11 bits per heavy atom. The molecule has 0 fully saturated rings. The molecule has 1 rings (SSSR count). The van der Waals surface area contributed by atoms with E-state index in [1.54, 1.807) is 0 Å². The summed E-state index contributed by atoms with van der Waals surface area (Å²) in [6.45, 7) is 0.533. The highest BCUT2D eigenvalue weighted by Crippen LogP contribution is 2.26. The van der Waals surface area contributed by atoms with Crippen molar-refractivity contribution in [3.8, 4) is 5.75 Å². The van der Waals surface area contributed by atoms with Crippen LogP contribution >= 0.6 is 11.6 Å². The molecule has 0 aliphatic heterocycles. The third-order valence-corrected chi connectivity index (χ3v) is 2.24. The molecule has 0 heterocycles. The number of rotatable bonds is 4. The molecule has 18 heavy (non-hydrogen) atoms. The quantitative estimate of drug-likeness (QED) is 0.429. The van der Waals surface area contributed by atoms with Crippen LogP contribution in [-0.4, -0.2) is 37.2 Å². The molecule has 2 amide bonds. The van der Waals surface area contributed by atoms with Crippen molar-refractivity contribution in [2.75, 3.05) is 25.6 Å². The molecule has 1 aromatic rings. The number of halogens is 1. The highest BCUT2D eigenvalue weighted by Gasteiger charge is 2.14. The summed E-state index contributed by atoms with van der Waals surface area (Å²) in [5, 5.41) is 14.4. The first-order valence-corrected chi connectivity index (χ1v) is 5.49. The van der Waals surface area contributed by atoms with Gasteiger partial charge in [0.25, 0.3) is 0 Å². The lowest BCUT2D eigenvalue weighted by Gasteiger charge is -2.07. The minimum atomic E-state index is -0.885. The molecule has 3 N–H and O–H groups in total. The zero-order valence-corrected chi connectivity index (χ0v) is 10.5. The van der Waals surface area contributed by atoms with Gasteiger partial charge in [0.05, 0.1) is 12.3 Å². The van der Waals surface area contributed by atoms with Gasteiger partial charge in [0.2, 0.25) is 0 Å². The van der Waals surface area contributed by atoms with E-state index in [1.165, 1.54) is 25.3 Å². The zero-order chi connectivity index (χ0) is 13.5. The lowest BCUT2D eigenvalue weighted by molar-refractivity contribution is -0.136. The van der Waals surface area contributed by atoms with Gasteiger partial charge in [-0.05, 0) is 18.2 Å². The summed E-state index contributed by atoms with van der Waals surface area (Å²) in [6.07, 6.45) is 0. The van der Waals surface area contributed by atoms with E-state index < -0.39 is 11.8 Å². The second-order valence-electron chi connectivity index (χ2n) is 3.36. The van der Waals surface area contributed by atoms with Gasteiger partial charge >= 0.3 is 11.8 Å². The van der Waals surface area contributed by atoms with Gasteiger partial charge in [0.1, 0.15) is 5.75 Å². The molecule has 0 saturated heterocycles. The van der Waals surface area contributed by atoms with E-state index in [4.69, 9.17) is 16.3 Å². The predicted molar refractivity (Wildman–Crippen MR) is 66.6 cm³/mol. The Labute approximate surface area is 109 Å². The van der Waals surface area contributed by atoms with Crippen LogP contribution in [0.4, 0.5) is 5.69 Å². The number of ether oxygens (including phenoxy) is 1. The van der Waals surface area contributed by atoms with Crippen LogP contribution in [0, 0.1) is 0 Å². The Morgan fingerprint density at radius 1 is 1.39 bits per heavy atom. The van der Waals surface area contributed by atoms with Crippen LogP contribution in [0.5, 0.6) is 5.75 Å². The molecule has 0 aliphatic carbocycles. The second-order valence-corrected chi connectivity index (χ2v) is 3.80. The fourth-order valence-corrected chi connectivity index (χ4v) is 1.31. The van der Waals surface area contributed by atoms with E-state index in [0.717, 1.165) is 0 Å². The Balaban J connectivity index is 2.58. The molecule has 0 spiro atoms. The molecule has 0 aromatic heterocycles. The smallest absolute Gasteiger partial charge is 0.313 e. The monoisotopic (exact) mass is 272 g/mol. The van der Waals surface area contributed by atoms with Crippen LogP contribution < -0.4 is 10.6 Å². The first-order valence-electron chi connectivity index (χ1n) is 5.11. The molecule has 6 nitrogen and oxygen atoms in total. The summed E-state index contributed by atoms with van der Waals surface area (Å²) in [5.41, 5.74) is 0.0781. The van der Waals surface area contributed by atoms with E-state index in [1.807, 2.05) is 0 Å². The molecule has 0 atom stereocenters. The average molecular weight is 273 g/mol. The molecule has 0 radical (unpaired) electrons. The van der Waals surface area contributed by atoms with Gasteiger partial charge in [-0.15, -0.1) is 0 Å². The van der Waals surface area contributed by atoms with Gasteiger partial charge in [-0.25, -0.2) is 0 Å². The molecule has 0 bridgehead atoms. The summed E-state index contributed by atoms with van der Waals surface area (Å²) in [4.78, 5) is 22.8. The Bertz CT molecular complexity index is 451. The van der Waals surface area contributed by atoms with Crippen molar-refractivity contribution in [2.45, 2.75) is 0 Å². The second kappa shape index (κ2) is 6.83. The van der Waals surface area contributed by atoms with Crippen molar-refractivity contribution < 1.29 is 19.4 Å². The van der Waals surface area contributed by atoms with Crippen LogP contribution in [0.15, 0.2) is 18.2 Å². The highest BCUT2D eigenvalue weighted by atomic mass is 35.5. The number of benzene rings is 1. The number of phenols is 1. The van der Waals surface area contributed by atoms with E-state index in [0.29, 0.717) is 11.6 Å². The molecule has 0 aliphatic rings. The maximum absolute atomic E-state index is 11.5. The molecule has 1 aromatic carbocycles. The Hall–Kier alpha value is -1.79. The molecule has 98 valence electrons. The molecular formula is C11H13ClN2O4.